The number of nitrogens with one attached hydrogen (secondary N) is 1. The van der Waals surface area contributed by atoms with Crippen LogP contribution in [-0.4, -0.2) is 34.6 Å². The summed E-state index contributed by atoms with van der Waals surface area (Å²) in [5.41, 5.74) is 2.15. The highest BCUT2D eigenvalue weighted by Crippen LogP contribution is 2.19. The SMILES string of the molecule is CC[C@H](C)NC(=O)[C@H](C)N(Cc1cccc(Br)c1)C(=O)CSCc1ccc(Br)cc1. The second-order valence-electron chi connectivity index (χ2n) is 7.26. The third-order valence-corrected chi connectivity index (χ3v) is 6.83. The van der Waals surface area contributed by atoms with Crippen molar-refractivity contribution >= 4 is 55.4 Å². The molecule has 0 saturated heterocycles. The van der Waals surface area contributed by atoms with Gasteiger partial charge in [-0.15, -0.1) is 11.8 Å². The summed E-state index contributed by atoms with van der Waals surface area (Å²) in [5, 5.41) is 3.00. The van der Waals surface area contributed by atoms with Crippen molar-refractivity contribution in [2.24, 2.45) is 0 Å². The van der Waals surface area contributed by atoms with E-state index < -0.39 is 6.04 Å². The molecule has 0 aromatic heterocycles. The molecule has 1 N–H and O–H groups in total. The molecule has 162 valence electrons. The van der Waals surface area contributed by atoms with Crippen LogP contribution in [0.2, 0.25) is 0 Å². The van der Waals surface area contributed by atoms with Crippen LogP contribution in [0.1, 0.15) is 38.3 Å². The van der Waals surface area contributed by atoms with Gasteiger partial charge in [-0.3, -0.25) is 9.59 Å². The number of benzene rings is 2. The number of halogens is 2. The van der Waals surface area contributed by atoms with Crippen molar-refractivity contribution in [3.05, 3.63) is 68.6 Å². The topological polar surface area (TPSA) is 49.4 Å². The highest BCUT2D eigenvalue weighted by molar-refractivity contribution is 9.10. The second-order valence-corrected chi connectivity index (χ2v) is 10.1. The van der Waals surface area contributed by atoms with E-state index in [2.05, 4.69) is 37.2 Å². The Morgan fingerprint density at radius 3 is 2.37 bits per heavy atom. The monoisotopic (exact) mass is 554 g/mol. The lowest BCUT2D eigenvalue weighted by Gasteiger charge is -2.29. The fourth-order valence-corrected chi connectivity index (χ4v) is 4.38. The molecule has 0 fully saturated rings. The van der Waals surface area contributed by atoms with E-state index in [0.29, 0.717) is 12.3 Å². The lowest BCUT2D eigenvalue weighted by atomic mass is 10.1. The van der Waals surface area contributed by atoms with Gasteiger partial charge in [0.05, 0.1) is 5.75 Å². The number of hydrogen-bond donors (Lipinski definition) is 1. The molecular weight excluding hydrogens is 528 g/mol. The van der Waals surface area contributed by atoms with Crippen molar-refractivity contribution in [3.63, 3.8) is 0 Å². The van der Waals surface area contributed by atoms with Crippen LogP contribution in [0.25, 0.3) is 0 Å². The molecule has 0 aliphatic rings. The Morgan fingerprint density at radius 2 is 1.73 bits per heavy atom. The van der Waals surface area contributed by atoms with Gasteiger partial charge in [0.1, 0.15) is 6.04 Å². The Hall–Kier alpha value is -1.31. The number of carbonyl (C=O) groups excluding carboxylic acids is 2. The molecule has 0 radical (unpaired) electrons. The Labute approximate surface area is 200 Å². The summed E-state index contributed by atoms with van der Waals surface area (Å²) in [6.45, 7) is 6.19. The van der Waals surface area contributed by atoms with Gasteiger partial charge in [-0.25, -0.2) is 0 Å². The van der Waals surface area contributed by atoms with E-state index in [1.165, 1.54) is 0 Å². The highest BCUT2D eigenvalue weighted by atomic mass is 79.9. The number of rotatable bonds is 10. The minimum Gasteiger partial charge on any atom is -0.352 e. The molecule has 2 amide bonds. The summed E-state index contributed by atoms with van der Waals surface area (Å²) in [5.74, 6) is 0.914. The van der Waals surface area contributed by atoms with Crippen LogP contribution in [-0.2, 0) is 21.9 Å². The van der Waals surface area contributed by atoms with E-state index in [0.717, 1.165) is 32.2 Å². The van der Waals surface area contributed by atoms with Gasteiger partial charge in [0.15, 0.2) is 0 Å². The van der Waals surface area contributed by atoms with Crippen molar-refractivity contribution in [2.75, 3.05) is 5.75 Å². The van der Waals surface area contributed by atoms with Gasteiger partial charge in [0.25, 0.3) is 0 Å². The largest absolute Gasteiger partial charge is 0.352 e. The van der Waals surface area contributed by atoms with Crippen LogP contribution >= 0.6 is 43.6 Å². The van der Waals surface area contributed by atoms with Crippen molar-refractivity contribution in [2.45, 2.75) is 51.6 Å². The first kappa shape index (κ1) is 25.0. The first-order valence-electron chi connectivity index (χ1n) is 9.96. The minimum absolute atomic E-state index is 0.0381. The molecular formula is C23H28Br2N2O2S. The molecule has 4 nitrogen and oxygen atoms in total. The smallest absolute Gasteiger partial charge is 0.242 e. The van der Waals surface area contributed by atoms with Gasteiger partial charge < -0.3 is 10.2 Å². The maximum Gasteiger partial charge on any atom is 0.242 e. The first-order valence-corrected chi connectivity index (χ1v) is 12.7. The zero-order chi connectivity index (χ0) is 22.1. The summed E-state index contributed by atoms with van der Waals surface area (Å²) in [7, 11) is 0. The molecule has 0 aliphatic heterocycles. The normalized spacial score (nSPS) is 12.8. The molecule has 0 saturated carbocycles. The number of thioether (sulfide) groups is 1. The maximum absolute atomic E-state index is 13.1. The Bertz CT molecular complexity index is 845. The fourth-order valence-electron chi connectivity index (χ4n) is 2.80. The summed E-state index contributed by atoms with van der Waals surface area (Å²) in [4.78, 5) is 27.5. The Morgan fingerprint density at radius 1 is 1.03 bits per heavy atom. The molecule has 0 spiro atoms. The first-order chi connectivity index (χ1) is 14.3. The molecule has 0 aliphatic carbocycles. The van der Waals surface area contributed by atoms with Crippen LogP contribution < -0.4 is 5.32 Å². The van der Waals surface area contributed by atoms with Crippen LogP contribution in [0.5, 0.6) is 0 Å². The third kappa shape index (κ3) is 8.08. The van der Waals surface area contributed by atoms with E-state index in [9.17, 15) is 9.59 Å². The number of nitrogens with zero attached hydrogens (tertiary/aromatic N) is 1. The molecule has 7 heteroatoms. The third-order valence-electron chi connectivity index (χ3n) is 4.82. The Kier molecular flexibility index (Phi) is 10.4. The van der Waals surface area contributed by atoms with Gasteiger partial charge in [0.2, 0.25) is 11.8 Å². The van der Waals surface area contributed by atoms with Crippen molar-refractivity contribution < 1.29 is 9.59 Å². The highest BCUT2D eigenvalue weighted by Gasteiger charge is 2.26. The second kappa shape index (κ2) is 12.5. The van der Waals surface area contributed by atoms with Gasteiger partial charge >= 0.3 is 0 Å². The maximum atomic E-state index is 13.1. The van der Waals surface area contributed by atoms with E-state index in [4.69, 9.17) is 0 Å². The lowest BCUT2D eigenvalue weighted by molar-refractivity contribution is -0.138. The van der Waals surface area contributed by atoms with Gasteiger partial charge in [-0.05, 0) is 55.7 Å². The summed E-state index contributed by atoms with van der Waals surface area (Å²) < 4.78 is 1.99. The molecule has 2 aromatic rings. The fraction of sp³-hybridized carbons (Fsp3) is 0.391. The van der Waals surface area contributed by atoms with E-state index in [1.807, 2.05) is 62.4 Å². The zero-order valence-corrected chi connectivity index (χ0v) is 21.5. The summed E-state index contributed by atoms with van der Waals surface area (Å²) in [6.07, 6.45) is 0.848. The molecule has 0 heterocycles. The van der Waals surface area contributed by atoms with Crippen molar-refractivity contribution in [1.29, 1.82) is 0 Å². The quantitative estimate of drug-likeness (QED) is 0.404. The molecule has 2 rings (SSSR count). The average Bonchev–Trinajstić information content (AvgIpc) is 2.72. The van der Waals surface area contributed by atoms with Crippen LogP contribution in [0.4, 0.5) is 0 Å². The molecule has 2 aromatic carbocycles. The summed E-state index contributed by atoms with van der Waals surface area (Å²) >= 11 is 8.48. The van der Waals surface area contributed by atoms with Crippen LogP contribution in [0.15, 0.2) is 57.5 Å². The van der Waals surface area contributed by atoms with E-state index >= 15 is 0 Å². The number of carbonyl (C=O) groups is 2. The minimum atomic E-state index is -0.543. The Balaban J connectivity index is 2.07. The van der Waals surface area contributed by atoms with Gasteiger partial charge in [0, 0.05) is 27.3 Å². The van der Waals surface area contributed by atoms with Crippen molar-refractivity contribution in [1.82, 2.24) is 10.2 Å². The predicted octanol–water partition coefficient (Wildman–Crippen LogP) is 5.78. The number of hydrogen-bond acceptors (Lipinski definition) is 3. The lowest BCUT2D eigenvalue weighted by Crippen LogP contribution is -2.50. The average molecular weight is 556 g/mol. The predicted molar refractivity (Wildman–Crippen MR) is 132 cm³/mol. The number of amides is 2. The van der Waals surface area contributed by atoms with Gasteiger partial charge in [-0.2, -0.15) is 0 Å². The molecule has 30 heavy (non-hydrogen) atoms. The van der Waals surface area contributed by atoms with Crippen LogP contribution in [0, 0.1) is 0 Å². The van der Waals surface area contributed by atoms with E-state index in [-0.39, 0.29) is 17.9 Å². The molecule has 2 atom stereocenters. The van der Waals surface area contributed by atoms with Gasteiger partial charge in [-0.1, -0.05) is 63.0 Å². The van der Waals surface area contributed by atoms with Crippen molar-refractivity contribution in [3.8, 4) is 0 Å². The molecule has 0 bridgehead atoms. The van der Waals surface area contributed by atoms with E-state index in [1.54, 1.807) is 23.6 Å². The zero-order valence-electron chi connectivity index (χ0n) is 17.5. The van der Waals surface area contributed by atoms with Crippen LogP contribution in [0.3, 0.4) is 0 Å². The standard InChI is InChI=1S/C23H28Br2N2O2S/c1-4-16(2)26-23(29)17(3)27(13-19-6-5-7-21(25)12-19)22(28)15-30-14-18-8-10-20(24)11-9-18/h5-12,16-17H,4,13-15H2,1-3H3,(H,26,29)/t16-,17-/m0/s1. The molecule has 0 unspecified atom stereocenters. The summed E-state index contributed by atoms with van der Waals surface area (Å²) in [6, 6.07) is 15.5.